The quantitative estimate of drug-likeness (QED) is 0.873. The monoisotopic (exact) mass is 262 g/mol. The van der Waals surface area contributed by atoms with Crippen molar-refractivity contribution in [2.24, 2.45) is 0 Å². The molecule has 1 fully saturated rings. The van der Waals surface area contributed by atoms with Gasteiger partial charge in [-0.1, -0.05) is 12.1 Å². The molecule has 1 aliphatic rings. The van der Waals surface area contributed by atoms with Crippen LogP contribution in [0.5, 0.6) is 0 Å². The van der Waals surface area contributed by atoms with Crippen LogP contribution in [0.2, 0.25) is 0 Å². The second kappa shape index (κ2) is 6.51. The standard InChI is InChI=1S/C16H26N2O/c1-11-5-6-15(13(3)12(11)2)16(17-4)9-14-10-18-7-8-19-14/h5-6,14,16-18H,7-10H2,1-4H3. The molecule has 2 atom stereocenters. The third-order valence-corrected chi connectivity index (χ3v) is 4.33. The molecule has 0 saturated carbocycles. The fraction of sp³-hybridized carbons (Fsp3) is 0.625. The fourth-order valence-corrected chi connectivity index (χ4v) is 2.79. The van der Waals surface area contributed by atoms with Crippen molar-refractivity contribution in [3.8, 4) is 0 Å². The molecule has 19 heavy (non-hydrogen) atoms. The van der Waals surface area contributed by atoms with Crippen molar-refractivity contribution < 1.29 is 4.74 Å². The molecule has 0 aromatic heterocycles. The van der Waals surface area contributed by atoms with Gasteiger partial charge in [0.1, 0.15) is 0 Å². The topological polar surface area (TPSA) is 33.3 Å². The average Bonchev–Trinajstić information content (AvgIpc) is 2.44. The molecule has 0 bridgehead atoms. The molecule has 1 saturated heterocycles. The van der Waals surface area contributed by atoms with Gasteiger partial charge in [-0.3, -0.25) is 0 Å². The van der Waals surface area contributed by atoms with E-state index in [1.165, 1.54) is 22.3 Å². The summed E-state index contributed by atoms with van der Waals surface area (Å²) in [6.07, 6.45) is 1.33. The number of aryl methyl sites for hydroxylation is 1. The third-order valence-electron chi connectivity index (χ3n) is 4.33. The van der Waals surface area contributed by atoms with Crippen molar-refractivity contribution in [3.05, 3.63) is 34.4 Å². The minimum atomic E-state index is 0.312. The Labute approximate surface area is 116 Å². The van der Waals surface area contributed by atoms with Crippen molar-refractivity contribution in [2.45, 2.75) is 39.3 Å². The van der Waals surface area contributed by atoms with E-state index in [-0.39, 0.29) is 0 Å². The smallest absolute Gasteiger partial charge is 0.0718 e. The molecule has 2 N–H and O–H groups in total. The average molecular weight is 262 g/mol. The Kier molecular flexibility index (Phi) is 4.97. The summed E-state index contributed by atoms with van der Waals surface area (Å²) in [5.41, 5.74) is 5.58. The number of hydrogen-bond acceptors (Lipinski definition) is 3. The van der Waals surface area contributed by atoms with Crippen LogP contribution in [0.25, 0.3) is 0 Å². The van der Waals surface area contributed by atoms with E-state index in [1.54, 1.807) is 0 Å². The molecular weight excluding hydrogens is 236 g/mol. The van der Waals surface area contributed by atoms with Crippen molar-refractivity contribution >= 4 is 0 Å². The van der Waals surface area contributed by atoms with Gasteiger partial charge < -0.3 is 15.4 Å². The largest absolute Gasteiger partial charge is 0.376 e. The van der Waals surface area contributed by atoms with Gasteiger partial charge in [0.05, 0.1) is 12.7 Å². The fourth-order valence-electron chi connectivity index (χ4n) is 2.79. The summed E-state index contributed by atoms with van der Waals surface area (Å²) in [5, 5.41) is 6.84. The number of morpholine rings is 1. The molecule has 0 aliphatic carbocycles. The number of ether oxygens (including phenoxy) is 1. The van der Waals surface area contributed by atoms with Crippen molar-refractivity contribution in [1.29, 1.82) is 0 Å². The van der Waals surface area contributed by atoms with Gasteiger partial charge in [-0.25, -0.2) is 0 Å². The maximum atomic E-state index is 5.82. The van der Waals surface area contributed by atoms with E-state index in [2.05, 4.69) is 43.5 Å². The maximum Gasteiger partial charge on any atom is 0.0718 e. The van der Waals surface area contributed by atoms with Crippen LogP contribution in [-0.2, 0) is 4.74 Å². The van der Waals surface area contributed by atoms with E-state index in [0.717, 1.165) is 26.1 Å². The first-order chi connectivity index (χ1) is 9.13. The Hall–Kier alpha value is -0.900. The van der Waals surface area contributed by atoms with E-state index in [0.29, 0.717) is 12.1 Å². The van der Waals surface area contributed by atoms with Gasteiger partial charge in [0.15, 0.2) is 0 Å². The highest BCUT2D eigenvalue weighted by Gasteiger charge is 2.21. The zero-order chi connectivity index (χ0) is 13.8. The second-order valence-electron chi connectivity index (χ2n) is 5.50. The number of hydrogen-bond donors (Lipinski definition) is 2. The molecule has 0 amide bonds. The zero-order valence-electron chi connectivity index (χ0n) is 12.5. The van der Waals surface area contributed by atoms with Crippen LogP contribution in [0.3, 0.4) is 0 Å². The lowest BCUT2D eigenvalue weighted by molar-refractivity contribution is 0.0176. The summed E-state index contributed by atoms with van der Waals surface area (Å²) in [5.74, 6) is 0. The van der Waals surface area contributed by atoms with Gasteiger partial charge in [0, 0.05) is 19.1 Å². The van der Waals surface area contributed by atoms with Crippen molar-refractivity contribution in [2.75, 3.05) is 26.7 Å². The molecule has 1 aromatic rings. The Bertz CT molecular complexity index is 425. The Balaban J connectivity index is 2.14. The molecule has 0 radical (unpaired) electrons. The molecule has 2 rings (SSSR count). The number of rotatable bonds is 4. The summed E-state index contributed by atoms with van der Waals surface area (Å²) >= 11 is 0. The number of benzene rings is 1. The lowest BCUT2D eigenvalue weighted by Gasteiger charge is -2.29. The maximum absolute atomic E-state index is 5.82. The van der Waals surface area contributed by atoms with E-state index in [4.69, 9.17) is 4.74 Å². The van der Waals surface area contributed by atoms with Gasteiger partial charge in [-0.2, -0.15) is 0 Å². The van der Waals surface area contributed by atoms with Crippen LogP contribution in [-0.4, -0.2) is 32.8 Å². The predicted molar refractivity (Wildman–Crippen MR) is 79.7 cm³/mol. The Morgan fingerprint density at radius 1 is 1.32 bits per heavy atom. The molecule has 1 heterocycles. The van der Waals surface area contributed by atoms with Gasteiger partial charge >= 0.3 is 0 Å². The van der Waals surface area contributed by atoms with Crippen LogP contribution in [0.1, 0.15) is 34.7 Å². The molecule has 0 spiro atoms. The molecule has 3 heteroatoms. The van der Waals surface area contributed by atoms with E-state index in [1.807, 2.05) is 7.05 Å². The minimum absolute atomic E-state index is 0.312. The van der Waals surface area contributed by atoms with E-state index in [9.17, 15) is 0 Å². The second-order valence-corrected chi connectivity index (χ2v) is 5.50. The molecule has 1 aromatic carbocycles. The van der Waals surface area contributed by atoms with Gasteiger partial charge in [0.25, 0.3) is 0 Å². The lowest BCUT2D eigenvalue weighted by Crippen LogP contribution is -2.40. The summed E-state index contributed by atoms with van der Waals surface area (Å²) < 4.78 is 5.82. The molecule has 106 valence electrons. The first-order valence-electron chi connectivity index (χ1n) is 7.19. The van der Waals surface area contributed by atoms with Crippen molar-refractivity contribution in [3.63, 3.8) is 0 Å². The van der Waals surface area contributed by atoms with E-state index >= 15 is 0 Å². The Morgan fingerprint density at radius 3 is 2.74 bits per heavy atom. The summed E-state index contributed by atoms with van der Waals surface area (Å²) in [6, 6.07) is 4.85. The Morgan fingerprint density at radius 2 is 2.11 bits per heavy atom. The highest BCUT2D eigenvalue weighted by atomic mass is 16.5. The highest BCUT2D eigenvalue weighted by Crippen LogP contribution is 2.26. The lowest BCUT2D eigenvalue weighted by atomic mass is 9.91. The molecule has 2 unspecified atom stereocenters. The van der Waals surface area contributed by atoms with Gasteiger partial charge in [-0.15, -0.1) is 0 Å². The molecule has 3 nitrogen and oxygen atoms in total. The molecule has 1 aliphatic heterocycles. The zero-order valence-corrected chi connectivity index (χ0v) is 12.5. The van der Waals surface area contributed by atoms with Crippen LogP contribution in [0.4, 0.5) is 0 Å². The van der Waals surface area contributed by atoms with Crippen LogP contribution < -0.4 is 10.6 Å². The van der Waals surface area contributed by atoms with Crippen LogP contribution >= 0.6 is 0 Å². The first kappa shape index (κ1) is 14.5. The predicted octanol–water partition coefficient (Wildman–Crippen LogP) is 2.25. The van der Waals surface area contributed by atoms with Crippen molar-refractivity contribution in [1.82, 2.24) is 10.6 Å². The molecular formula is C16H26N2O. The highest BCUT2D eigenvalue weighted by molar-refractivity contribution is 5.40. The van der Waals surface area contributed by atoms with Gasteiger partial charge in [-0.05, 0) is 56.5 Å². The van der Waals surface area contributed by atoms with E-state index < -0.39 is 0 Å². The van der Waals surface area contributed by atoms with Crippen LogP contribution in [0.15, 0.2) is 12.1 Å². The first-order valence-corrected chi connectivity index (χ1v) is 7.19. The summed E-state index contributed by atoms with van der Waals surface area (Å²) in [7, 11) is 2.04. The van der Waals surface area contributed by atoms with Crippen LogP contribution in [0, 0.1) is 20.8 Å². The normalized spacial score (nSPS) is 21.4. The number of nitrogens with one attached hydrogen (secondary N) is 2. The summed E-state index contributed by atoms with van der Waals surface area (Å²) in [6.45, 7) is 9.37. The minimum Gasteiger partial charge on any atom is -0.376 e. The SMILES string of the molecule is CNC(CC1CNCCO1)c1ccc(C)c(C)c1C. The van der Waals surface area contributed by atoms with Gasteiger partial charge in [0.2, 0.25) is 0 Å². The third kappa shape index (κ3) is 3.35. The summed E-state index contributed by atoms with van der Waals surface area (Å²) in [4.78, 5) is 0.